The van der Waals surface area contributed by atoms with Crippen LogP contribution in [0.5, 0.6) is 0 Å². The van der Waals surface area contributed by atoms with Crippen molar-refractivity contribution in [1.82, 2.24) is 10.3 Å². The number of hydrogen-bond acceptors (Lipinski definition) is 2. The van der Waals surface area contributed by atoms with Crippen LogP contribution in [-0.4, -0.2) is 18.1 Å². The second-order valence-electron chi connectivity index (χ2n) is 3.40. The topological polar surface area (TPSA) is 24.9 Å². The largest absolute Gasteiger partial charge is 0.317 e. The fraction of sp³-hybridized carbons (Fsp3) is 0.545. The highest BCUT2D eigenvalue weighted by Gasteiger charge is 2.05. The summed E-state index contributed by atoms with van der Waals surface area (Å²) in [4.78, 5) is 3.96. The Morgan fingerprint density at radius 2 is 2.36 bits per heavy atom. The lowest BCUT2D eigenvalue weighted by molar-refractivity contribution is 0.509. The summed E-state index contributed by atoms with van der Waals surface area (Å²) in [7, 11) is 2.00. The Balaban J connectivity index is 2.49. The average molecular weight is 213 g/mol. The van der Waals surface area contributed by atoms with Crippen molar-refractivity contribution in [3.8, 4) is 0 Å². The van der Waals surface area contributed by atoms with Crippen molar-refractivity contribution < 1.29 is 0 Å². The van der Waals surface area contributed by atoms with Gasteiger partial charge in [0.1, 0.15) is 0 Å². The van der Waals surface area contributed by atoms with Crippen LogP contribution in [0.15, 0.2) is 18.5 Å². The number of halogens is 1. The molecule has 0 aliphatic carbocycles. The summed E-state index contributed by atoms with van der Waals surface area (Å²) in [6, 6.07) is 2.57. The third kappa shape index (κ3) is 3.28. The molecule has 1 heterocycles. The lowest BCUT2D eigenvalue weighted by atomic mass is 10.0. The molecule has 0 saturated carbocycles. The normalized spacial score (nSPS) is 12.8. The highest BCUT2D eigenvalue weighted by molar-refractivity contribution is 6.31. The van der Waals surface area contributed by atoms with Crippen molar-refractivity contribution in [1.29, 1.82) is 0 Å². The van der Waals surface area contributed by atoms with Gasteiger partial charge in [0, 0.05) is 18.4 Å². The molecule has 0 spiro atoms. The fourth-order valence-corrected chi connectivity index (χ4v) is 1.70. The fourth-order valence-electron chi connectivity index (χ4n) is 1.49. The summed E-state index contributed by atoms with van der Waals surface area (Å²) in [5.74, 6) is 0. The standard InChI is InChI=1S/C11H17ClN2/c1-3-10(13-2)5-4-9-6-7-14-8-11(9)12/h6-8,10,13H,3-5H2,1-2H3. The second kappa shape index (κ2) is 5.99. The van der Waals surface area contributed by atoms with E-state index in [1.54, 1.807) is 12.4 Å². The summed E-state index contributed by atoms with van der Waals surface area (Å²) < 4.78 is 0. The maximum atomic E-state index is 6.01. The van der Waals surface area contributed by atoms with E-state index in [1.165, 1.54) is 5.56 Å². The molecule has 1 N–H and O–H groups in total. The Morgan fingerprint density at radius 3 is 2.93 bits per heavy atom. The zero-order chi connectivity index (χ0) is 10.4. The molecule has 0 radical (unpaired) electrons. The van der Waals surface area contributed by atoms with Gasteiger partial charge >= 0.3 is 0 Å². The molecule has 0 aliphatic heterocycles. The van der Waals surface area contributed by atoms with Gasteiger partial charge in [-0.05, 0) is 37.9 Å². The number of nitrogens with zero attached hydrogens (tertiary/aromatic N) is 1. The number of pyridine rings is 1. The number of nitrogens with one attached hydrogen (secondary N) is 1. The molecule has 0 fully saturated rings. The molecule has 3 heteroatoms. The van der Waals surface area contributed by atoms with Gasteiger partial charge in [-0.3, -0.25) is 4.98 Å². The Kier molecular flexibility index (Phi) is 4.91. The van der Waals surface area contributed by atoms with Crippen LogP contribution in [0.1, 0.15) is 25.3 Å². The monoisotopic (exact) mass is 212 g/mol. The van der Waals surface area contributed by atoms with Gasteiger partial charge in [-0.1, -0.05) is 18.5 Å². The van der Waals surface area contributed by atoms with Gasteiger partial charge in [0.25, 0.3) is 0 Å². The van der Waals surface area contributed by atoms with Crippen LogP contribution in [0.3, 0.4) is 0 Å². The van der Waals surface area contributed by atoms with Gasteiger partial charge in [0.05, 0.1) is 5.02 Å². The predicted octanol–water partition coefficient (Wildman–Crippen LogP) is 2.67. The van der Waals surface area contributed by atoms with E-state index in [-0.39, 0.29) is 0 Å². The van der Waals surface area contributed by atoms with Crippen LogP contribution >= 0.6 is 11.6 Å². The minimum absolute atomic E-state index is 0.583. The Bertz CT molecular complexity index is 272. The summed E-state index contributed by atoms with van der Waals surface area (Å²) in [5, 5.41) is 4.06. The van der Waals surface area contributed by atoms with Gasteiger partial charge in [0.2, 0.25) is 0 Å². The minimum Gasteiger partial charge on any atom is -0.317 e. The molecule has 0 aliphatic rings. The zero-order valence-electron chi connectivity index (χ0n) is 8.76. The summed E-state index contributed by atoms with van der Waals surface area (Å²) in [5.41, 5.74) is 1.19. The van der Waals surface area contributed by atoms with Gasteiger partial charge in [0.15, 0.2) is 0 Å². The first kappa shape index (κ1) is 11.5. The third-order valence-electron chi connectivity index (χ3n) is 2.52. The summed E-state index contributed by atoms with van der Waals surface area (Å²) in [6.45, 7) is 2.19. The molecule has 1 rings (SSSR count). The molecule has 1 aromatic heterocycles. The lowest BCUT2D eigenvalue weighted by Crippen LogP contribution is -2.24. The molecule has 0 saturated heterocycles. The van der Waals surface area contributed by atoms with Crippen LogP contribution in [0.2, 0.25) is 5.02 Å². The molecule has 1 unspecified atom stereocenters. The van der Waals surface area contributed by atoms with Crippen LogP contribution in [-0.2, 0) is 6.42 Å². The first-order chi connectivity index (χ1) is 6.77. The summed E-state index contributed by atoms with van der Waals surface area (Å²) >= 11 is 6.01. The van der Waals surface area contributed by atoms with E-state index < -0.39 is 0 Å². The molecule has 2 nitrogen and oxygen atoms in total. The van der Waals surface area contributed by atoms with Crippen molar-refractivity contribution in [2.75, 3.05) is 7.05 Å². The van der Waals surface area contributed by atoms with E-state index in [1.807, 2.05) is 13.1 Å². The van der Waals surface area contributed by atoms with E-state index >= 15 is 0 Å². The van der Waals surface area contributed by atoms with Crippen molar-refractivity contribution in [3.05, 3.63) is 29.0 Å². The summed E-state index contributed by atoms with van der Waals surface area (Å²) in [6.07, 6.45) is 6.79. The van der Waals surface area contributed by atoms with Crippen LogP contribution in [0.25, 0.3) is 0 Å². The van der Waals surface area contributed by atoms with Crippen LogP contribution in [0, 0.1) is 0 Å². The van der Waals surface area contributed by atoms with Crippen molar-refractivity contribution in [3.63, 3.8) is 0 Å². The maximum absolute atomic E-state index is 6.01. The number of aromatic nitrogens is 1. The molecule has 0 aromatic carbocycles. The molecule has 1 atom stereocenters. The van der Waals surface area contributed by atoms with E-state index in [0.717, 1.165) is 24.3 Å². The molecule has 0 amide bonds. The smallest absolute Gasteiger partial charge is 0.0621 e. The van der Waals surface area contributed by atoms with Gasteiger partial charge < -0.3 is 5.32 Å². The third-order valence-corrected chi connectivity index (χ3v) is 2.86. The van der Waals surface area contributed by atoms with Gasteiger partial charge in [-0.15, -0.1) is 0 Å². The molecular formula is C11H17ClN2. The molecule has 1 aromatic rings. The molecule has 78 valence electrons. The van der Waals surface area contributed by atoms with Gasteiger partial charge in [-0.25, -0.2) is 0 Å². The highest BCUT2D eigenvalue weighted by Crippen LogP contribution is 2.16. The molecular weight excluding hydrogens is 196 g/mol. The van der Waals surface area contributed by atoms with Crippen molar-refractivity contribution in [2.24, 2.45) is 0 Å². The predicted molar refractivity (Wildman–Crippen MR) is 60.7 cm³/mol. The SMILES string of the molecule is CCC(CCc1ccncc1Cl)NC. The number of aryl methyl sites for hydroxylation is 1. The lowest BCUT2D eigenvalue weighted by Gasteiger charge is -2.13. The quantitative estimate of drug-likeness (QED) is 0.812. The Hall–Kier alpha value is -0.600. The van der Waals surface area contributed by atoms with E-state index in [9.17, 15) is 0 Å². The van der Waals surface area contributed by atoms with Crippen LogP contribution in [0.4, 0.5) is 0 Å². The van der Waals surface area contributed by atoms with E-state index in [4.69, 9.17) is 11.6 Å². The van der Waals surface area contributed by atoms with Gasteiger partial charge in [-0.2, -0.15) is 0 Å². The van der Waals surface area contributed by atoms with Crippen LogP contribution < -0.4 is 5.32 Å². The Morgan fingerprint density at radius 1 is 1.57 bits per heavy atom. The zero-order valence-corrected chi connectivity index (χ0v) is 9.51. The number of rotatable bonds is 5. The average Bonchev–Trinajstić information content (AvgIpc) is 2.22. The molecule has 14 heavy (non-hydrogen) atoms. The first-order valence-corrected chi connectivity index (χ1v) is 5.41. The van der Waals surface area contributed by atoms with E-state index in [0.29, 0.717) is 6.04 Å². The van der Waals surface area contributed by atoms with E-state index in [2.05, 4.69) is 17.2 Å². The second-order valence-corrected chi connectivity index (χ2v) is 3.81. The number of hydrogen-bond donors (Lipinski definition) is 1. The highest BCUT2D eigenvalue weighted by atomic mass is 35.5. The van der Waals surface area contributed by atoms with Crippen molar-refractivity contribution in [2.45, 2.75) is 32.2 Å². The maximum Gasteiger partial charge on any atom is 0.0621 e. The Labute approximate surface area is 90.7 Å². The van der Waals surface area contributed by atoms with Crippen molar-refractivity contribution >= 4 is 11.6 Å². The molecule has 0 bridgehead atoms. The minimum atomic E-state index is 0.583. The first-order valence-electron chi connectivity index (χ1n) is 5.03.